The first-order valence-corrected chi connectivity index (χ1v) is 10.9. The second-order valence-electron chi connectivity index (χ2n) is 7.31. The minimum Gasteiger partial charge on any atom is -0.303 e. The number of hydrogen-bond acceptors (Lipinski definition) is 5. The summed E-state index contributed by atoms with van der Waals surface area (Å²) in [7, 11) is -3.58. The number of Topliss-reactive ketones (excluding diaryl/α,β-unsaturated/α-hetero) is 1. The second-order valence-corrected chi connectivity index (χ2v) is 9.17. The summed E-state index contributed by atoms with van der Waals surface area (Å²) in [5.41, 5.74) is 0.0586. The van der Waals surface area contributed by atoms with E-state index in [0.29, 0.717) is 18.7 Å². The zero-order valence-electron chi connectivity index (χ0n) is 15.7. The highest BCUT2D eigenvalue weighted by Gasteiger charge is 2.48. The Kier molecular flexibility index (Phi) is 5.81. The Hall–Kier alpha value is -1.28. The predicted molar refractivity (Wildman–Crippen MR) is 102 cm³/mol. The fourth-order valence-electron chi connectivity index (χ4n) is 3.99. The maximum atomic E-state index is 13.2. The van der Waals surface area contributed by atoms with Crippen LogP contribution >= 0.6 is 0 Å². The molecule has 2 aliphatic heterocycles. The molecular weight excluding hydrogens is 350 g/mol. The summed E-state index contributed by atoms with van der Waals surface area (Å²) in [4.78, 5) is 14.1. The molecule has 3 rings (SSSR count). The fourth-order valence-corrected chi connectivity index (χ4v) is 5.76. The lowest BCUT2D eigenvalue weighted by Gasteiger charge is -2.44. The summed E-state index contributed by atoms with van der Waals surface area (Å²) in [5.74, 6) is -0.0623. The Morgan fingerprint density at radius 1 is 1.15 bits per heavy atom. The van der Waals surface area contributed by atoms with Crippen molar-refractivity contribution in [2.75, 3.05) is 32.7 Å². The van der Waals surface area contributed by atoms with Gasteiger partial charge < -0.3 is 4.90 Å². The SMILES string of the molecule is CCCCN1CCC2(CC1)NCCN2S(=O)(=O)c1ccc(C(C)=O)cc1. The van der Waals surface area contributed by atoms with E-state index in [4.69, 9.17) is 0 Å². The Bertz CT molecular complexity index is 738. The molecule has 0 radical (unpaired) electrons. The van der Waals surface area contributed by atoms with E-state index in [-0.39, 0.29) is 10.7 Å². The number of ketones is 1. The summed E-state index contributed by atoms with van der Waals surface area (Å²) in [6.45, 7) is 7.77. The molecule has 0 saturated carbocycles. The molecule has 2 saturated heterocycles. The van der Waals surface area contributed by atoms with Crippen LogP contribution in [0.5, 0.6) is 0 Å². The average Bonchev–Trinajstić information content (AvgIpc) is 3.05. The molecule has 0 atom stereocenters. The number of nitrogens with zero attached hydrogens (tertiary/aromatic N) is 2. The van der Waals surface area contributed by atoms with Crippen LogP contribution in [-0.4, -0.2) is 61.8 Å². The number of unbranched alkanes of at least 4 members (excludes halogenated alkanes) is 1. The number of hydrogen-bond donors (Lipinski definition) is 1. The Labute approximate surface area is 156 Å². The predicted octanol–water partition coefficient (Wildman–Crippen LogP) is 2.08. The number of nitrogens with one attached hydrogen (secondary N) is 1. The third kappa shape index (κ3) is 3.71. The molecule has 0 unspecified atom stereocenters. The third-order valence-electron chi connectivity index (χ3n) is 5.61. The first kappa shape index (κ1) is 19.5. The third-order valence-corrected chi connectivity index (χ3v) is 7.59. The molecule has 0 aliphatic carbocycles. The van der Waals surface area contributed by atoms with Crippen LogP contribution in [0.15, 0.2) is 29.2 Å². The molecule has 1 aromatic rings. The standard InChI is InChI=1S/C19H29N3O3S/c1-3-4-12-21-13-9-19(10-14-21)20-11-15-22(19)26(24,25)18-7-5-17(6-8-18)16(2)23/h5-8,20H,3-4,9-15H2,1-2H3. The van der Waals surface area contributed by atoms with Crippen LogP contribution in [0.1, 0.15) is 49.9 Å². The summed E-state index contributed by atoms with van der Waals surface area (Å²) in [5, 5.41) is 3.47. The van der Waals surface area contributed by atoms with E-state index in [1.54, 1.807) is 28.6 Å². The topological polar surface area (TPSA) is 69.7 Å². The summed E-state index contributed by atoms with van der Waals surface area (Å²) in [6.07, 6.45) is 3.98. The van der Waals surface area contributed by atoms with E-state index < -0.39 is 15.7 Å². The molecule has 7 heteroatoms. The van der Waals surface area contributed by atoms with E-state index in [1.165, 1.54) is 19.8 Å². The van der Waals surface area contributed by atoms with E-state index in [1.807, 2.05) is 0 Å². The number of carbonyl (C=O) groups is 1. The highest BCUT2D eigenvalue weighted by Crippen LogP contribution is 2.34. The van der Waals surface area contributed by atoms with Crippen LogP contribution in [0.25, 0.3) is 0 Å². The van der Waals surface area contributed by atoms with Crippen molar-refractivity contribution in [1.29, 1.82) is 0 Å². The van der Waals surface area contributed by atoms with E-state index in [2.05, 4.69) is 17.1 Å². The van der Waals surface area contributed by atoms with Gasteiger partial charge in [-0.2, -0.15) is 4.31 Å². The largest absolute Gasteiger partial charge is 0.303 e. The molecule has 0 aromatic heterocycles. The molecule has 1 N–H and O–H groups in total. The van der Waals surface area contributed by atoms with Crippen molar-refractivity contribution in [2.45, 2.75) is 50.1 Å². The molecule has 1 spiro atoms. The highest BCUT2D eigenvalue weighted by molar-refractivity contribution is 7.89. The normalized spacial score (nSPS) is 21.3. The minimum atomic E-state index is -3.58. The quantitative estimate of drug-likeness (QED) is 0.767. The van der Waals surface area contributed by atoms with Crippen LogP contribution < -0.4 is 5.32 Å². The van der Waals surface area contributed by atoms with Gasteiger partial charge in [0, 0.05) is 31.7 Å². The Morgan fingerprint density at radius 2 is 1.81 bits per heavy atom. The molecule has 2 fully saturated rings. The van der Waals surface area contributed by atoms with Crippen LogP contribution in [0.4, 0.5) is 0 Å². The lowest BCUT2D eigenvalue weighted by molar-refractivity contribution is 0.0861. The van der Waals surface area contributed by atoms with E-state index in [9.17, 15) is 13.2 Å². The van der Waals surface area contributed by atoms with Crippen molar-refractivity contribution < 1.29 is 13.2 Å². The van der Waals surface area contributed by atoms with Gasteiger partial charge in [-0.3, -0.25) is 10.1 Å². The second kappa shape index (κ2) is 7.76. The van der Waals surface area contributed by atoms with Crippen LogP contribution in [0.2, 0.25) is 0 Å². The van der Waals surface area contributed by atoms with Gasteiger partial charge in [-0.05, 0) is 44.9 Å². The highest BCUT2D eigenvalue weighted by atomic mass is 32.2. The Morgan fingerprint density at radius 3 is 2.38 bits per heavy atom. The molecule has 0 bridgehead atoms. The van der Waals surface area contributed by atoms with Crippen molar-refractivity contribution in [3.05, 3.63) is 29.8 Å². The first-order chi connectivity index (χ1) is 12.4. The molecule has 0 amide bonds. The van der Waals surface area contributed by atoms with Crippen LogP contribution in [-0.2, 0) is 10.0 Å². The van der Waals surface area contributed by atoms with Gasteiger partial charge in [0.15, 0.2) is 5.78 Å². The number of sulfonamides is 1. The van der Waals surface area contributed by atoms with E-state index >= 15 is 0 Å². The molecule has 1 aromatic carbocycles. The van der Waals surface area contributed by atoms with Gasteiger partial charge in [0.2, 0.25) is 10.0 Å². The average molecular weight is 380 g/mol. The maximum absolute atomic E-state index is 13.2. The minimum absolute atomic E-state index is 0.0623. The number of likely N-dealkylation sites (tertiary alicyclic amines) is 1. The number of benzene rings is 1. The van der Waals surface area contributed by atoms with Crippen molar-refractivity contribution in [2.24, 2.45) is 0 Å². The van der Waals surface area contributed by atoms with E-state index in [0.717, 1.165) is 32.5 Å². The van der Waals surface area contributed by atoms with Gasteiger partial charge in [0.1, 0.15) is 0 Å². The van der Waals surface area contributed by atoms with Gasteiger partial charge in [-0.1, -0.05) is 25.5 Å². The number of piperidine rings is 1. The van der Waals surface area contributed by atoms with Gasteiger partial charge in [0.25, 0.3) is 0 Å². The smallest absolute Gasteiger partial charge is 0.244 e. The monoisotopic (exact) mass is 379 g/mol. The molecule has 2 heterocycles. The molecule has 144 valence electrons. The van der Waals surface area contributed by atoms with Crippen molar-refractivity contribution >= 4 is 15.8 Å². The lowest BCUT2D eigenvalue weighted by Crippen LogP contribution is -2.59. The van der Waals surface area contributed by atoms with Crippen LogP contribution in [0, 0.1) is 0 Å². The van der Waals surface area contributed by atoms with Crippen molar-refractivity contribution in [3.8, 4) is 0 Å². The Balaban J connectivity index is 1.78. The van der Waals surface area contributed by atoms with Crippen LogP contribution in [0.3, 0.4) is 0 Å². The maximum Gasteiger partial charge on any atom is 0.244 e. The molecule has 26 heavy (non-hydrogen) atoms. The zero-order valence-corrected chi connectivity index (χ0v) is 16.5. The molecule has 2 aliphatic rings. The van der Waals surface area contributed by atoms with Gasteiger partial charge in [-0.25, -0.2) is 8.42 Å². The summed E-state index contributed by atoms with van der Waals surface area (Å²) >= 11 is 0. The number of rotatable bonds is 6. The molecular formula is C19H29N3O3S. The van der Waals surface area contributed by atoms with Crippen molar-refractivity contribution in [3.63, 3.8) is 0 Å². The molecule has 6 nitrogen and oxygen atoms in total. The number of carbonyl (C=O) groups excluding carboxylic acids is 1. The lowest BCUT2D eigenvalue weighted by atomic mass is 9.97. The zero-order chi connectivity index (χ0) is 18.8. The van der Waals surface area contributed by atoms with Gasteiger partial charge in [0.05, 0.1) is 10.6 Å². The van der Waals surface area contributed by atoms with Gasteiger partial charge >= 0.3 is 0 Å². The first-order valence-electron chi connectivity index (χ1n) is 9.50. The summed E-state index contributed by atoms with van der Waals surface area (Å²) < 4.78 is 28.1. The fraction of sp³-hybridized carbons (Fsp3) is 0.632. The van der Waals surface area contributed by atoms with Gasteiger partial charge in [-0.15, -0.1) is 0 Å². The van der Waals surface area contributed by atoms with Crippen molar-refractivity contribution in [1.82, 2.24) is 14.5 Å². The summed E-state index contributed by atoms with van der Waals surface area (Å²) in [6, 6.07) is 6.29.